The third-order valence-corrected chi connectivity index (χ3v) is 2.83. The van der Waals surface area contributed by atoms with Crippen molar-refractivity contribution in [3.8, 4) is 0 Å². The van der Waals surface area contributed by atoms with E-state index in [9.17, 15) is 9.59 Å². The highest BCUT2D eigenvalue weighted by atomic mass is 16.4. The largest absolute Gasteiger partial charge is 0.478 e. The van der Waals surface area contributed by atoms with Crippen molar-refractivity contribution < 1.29 is 9.90 Å². The first kappa shape index (κ1) is 12.8. The normalized spacial score (nSPS) is 12.7. The van der Waals surface area contributed by atoms with Crippen LogP contribution in [0.3, 0.4) is 0 Å². The van der Waals surface area contributed by atoms with Gasteiger partial charge in [0.2, 0.25) is 0 Å². The zero-order valence-corrected chi connectivity index (χ0v) is 10.3. The van der Waals surface area contributed by atoms with Crippen LogP contribution >= 0.6 is 0 Å². The lowest BCUT2D eigenvalue weighted by Crippen LogP contribution is -2.20. The van der Waals surface area contributed by atoms with E-state index in [1.807, 2.05) is 19.1 Å². The SMILES string of the molecule is CC(c1ccc(/C=C/C(=O)O)cc1)n1cn[nH]c1=O. The van der Waals surface area contributed by atoms with E-state index < -0.39 is 5.97 Å². The summed E-state index contributed by atoms with van der Waals surface area (Å²) in [5.41, 5.74) is 1.47. The molecule has 0 spiro atoms. The Kier molecular flexibility index (Phi) is 3.61. The van der Waals surface area contributed by atoms with Gasteiger partial charge in [0.1, 0.15) is 6.33 Å². The molecule has 0 aliphatic carbocycles. The van der Waals surface area contributed by atoms with Crippen molar-refractivity contribution in [1.29, 1.82) is 0 Å². The molecule has 6 nitrogen and oxygen atoms in total. The molecule has 98 valence electrons. The van der Waals surface area contributed by atoms with Crippen LogP contribution in [0.15, 0.2) is 41.5 Å². The van der Waals surface area contributed by atoms with Gasteiger partial charge in [-0.3, -0.25) is 4.57 Å². The molecular formula is C13H13N3O3. The zero-order chi connectivity index (χ0) is 13.8. The first-order valence-corrected chi connectivity index (χ1v) is 5.70. The van der Waals surface area contributed by atoms with E-state index in [1.165, 1.54) is 17.0 Å². The Bertz CT molecular complexity index is 652. The molecule has 0 saturated carbocycles. The number of hydrogen-bond acceptors (Lipinski definition) is 3. The Labute approximate surface area is 109 Å². The smallest absolute Gasteiger partial charge is 0.343 e. The van der Waals surface area contributed by atoms with Gasteiger partial charge >= 0.3 is 11.7 Å². The summed E-state index contributed by atoms with van der Waals surface area (Å²) in [7, 11) is 0. The van der Waals surface area contributed by atoms with Gasteiger partial charge in [-0.05, 0) is 24.1 Å². The van der Waals surface area contributed by atoms with E-state index >= 15 is 0 Å². The van der Waals surface area contributed by atoms with E-state index in [-0.39, 0.29) is 11.7 Å². The summed E-state index contributed by atoms with van der Waals surface area (Å²) in [6, 6.07) is 7.17. The van der Waals surface area contributed by atoms with Gasteiger partial charge in [0.05, 0.1) is 6.04 Å². The quantitative estimate of drug-likeness (QED) is 0.809. The van der Waals surface area contributed by atoms with Gasteiger partial charge in [0.15, 0.2) is 0 Å². The number of aliphatic carboxylic acids is 1. The van der Waals surface area contributed by atoms with Gasteiger partial charge < -0.3 is 5.11 Å². The molecule has 0 aliphatic rings. The molecule has 0 bridgehead atoms. The second-order valence-electron chi connectivity index (χ2n) is 4.08. The van der Waals surface area contributed by atoms with Gasteiger partial charge in [0, 0.05) is 6.08 Å². The molecule has 0 aliphatic heterocycles. The average Bonchev–Trinajstić information content (AvgIpc) is 2.82. The van der Waals surface area contributed by atoms with Crippen molar-refractivity contribution in [2.45, 2.75) is 13.0 Å². The van der Waals surface area contributed by atoms with E-state index in [1.54, 1.807) is 12.1 Å². The van der Waals surface area contributed by atoms with Crippen LogP contribution in [0.25, 0.3) is 6.08 Å². The van der Waals surface area contributed by atoms with Gasteiger partial charge in [-0.2, -0.15) is 5.10 Å². The number of aromatic amines is 1. The lowest BCUT2D eigenvalue weighted by molar-refractivity contribution is -0.131. The molecule has 2 rings (SSSR count). The van der Waals surface area contributed by atoms with Crippen LogP contribution in [0.5, 0.6) is 0 Å². The molecule has 1 aromatic carbocycles. The van der Waals surface area contributed by atoms with Crippen LogP contribution in [0.4, 0.5) is 0 Å². The number of hydrogen-bond donors (Lipinski definition) is 2. The number of nitrogens with one attached hydrogen (secondary N) is 1. The van der Waals surface area contributed by atoms with Crippen LogP contribution in [0, 0.1) is 0 Å². The van der Waals surface area contributed by atoms with Crippen molar-refractivity contribution in [2.24, 2.45) is 0 Å². The van der Waals surface area contributed by atoms with Gasteiger partial charge in [0.25, 0.3) is 0 Å². The maximum absolute atomic E-state index is 11.4. The van der Waals surface area contributed by atoms with Crippen LogP contribution in [-0.4, -0.2) is 25.8 Å². The molecule has 0 saturated heterocycles. The Hall–Kier alpha value is -2.63. The summed E-state index contributed by atoms with van der Waals surface area (Å²) in [5, 5.41) is 14.6. The minimum absolute atomic E-state index is 0.135. The Morgan fingerprint density at radius 1 is 1.42 bits per heavy atom. The molecule has 2 N–H and O–H groups in total. The highest BCUT2D eigenvalue weighted by Gasteiger charge is 2.09. The molecule has 0 amide bonds. The first-order valence-electron chi connectivity index (χ1n) is 5.70. The number of aromatic nitrogens is 3. The molecular weight excluding hydrogens is 246 g/mol. The first-order chi connectivity index (χ1) is 9.08. The third-order valence-electron chi connectivity index (χ3n) is 2.83. The second-order valence-corrected chi connectivity index (χ2v) is 4.08. The molecule has 2 aromatic rings. The fourth-order valence-electron chi connectivity index (χ4n) is 1.75. The number of nitrogens with zero attached hydrogens (tertiary/aromatic N) is 2. The minimum Gasteiger partial charge on any atom is -0.478 e. The molecule has 19 heavy (non-hydrogen) atoms. The third kappa shape index (κ3) is 2.98. The Balaban J connectivity index is 2.21. The maximum atomic E-state index is 11.4. The number of carboxylic acids is 1. The van der Waals surface area contributed by atoms with E-state index in [4.69, 9.17) is 5.11 Å². The monoisotopic (exact) mass is 259 g/mol. The van der Waals surface area contributed by atoms with Gasteiger partial charge in [-0.25, -0.2) is 14.7 Å². The standard InChI is InChI=1S/C13H13N3O3/c1-9(16-8-14-15-13(16)19)11-5-2-10(3-6-11)4-7-12(17)18/h2-9H,1H3,(H,15,19)(H,17,18)/b7-4+. The summed E-state index contributed by atoms with van der Waals surface area (Å²) in [6.45, 7) is 1.89. The van der Waals surface area contributed by atoms with Crippen molar-refractivity contribution in [3.63, 3.8) is 0 Å². The maximum Gasteiger partial charge on any atom is 0.343 e. The summed E-state index contributed by atoms with van der Waals surface area (Å²) >= 11 is 0. The van der Waals surface area contributed by atoms with Crippen LogP contribution in [0.1, 0.15) is 24.1 Å². The van der Waals surface area contributed by atoms with Crippen molar-refractivity contribution >= 4 is 12.0 Å². The van der Waals surface area contributed by atoms with Crippen molar-refractivity contribution in [2.75, 3.05) is 0 Å². The average molecular weight is 259 g/mol. The fraction of sp³-hybridized carbons (Fsp3) is 0.154. The van der Waals surface area contributed by atoms with Crippen molar-refractivity contribution in [3.05, 3.63) is 58.3 Å². The van der Waals surface area contributed by atoms with Crippen molar-refractivity contribution in [1.82, 2.24) is 14.8 Å². The summed E-state index contributed by atoms with van der Waals surface area (Å²) in [5.74, 6) is -0.984. The Morgan fingerprint density at radius 2 is 2.11 bits per heavy atom. The molecule has 1 unspecified atom stereocenters. The van der Waals surface area contributed by atoms with E-state index in [0.717, 1.165) is 17.2 Å². The number of benzene rings is 1. The summed E-state index contributed by atoms with van der Waals surface area (Å²) in [4.78, 5) is 21.9. The van der Waals surface area contributed by atoms with E-state index in [2.05, 4.69) is 10.2 Å². The number of rotatable bonds is 4. The van der Waals surface area contributed by atoms with Crippen LogP contribution < -0.4 is 5.69 Å². The predicted molar refractivity (Wildman–Crippen MR) is 69.8 cm³/mol. The lowest BCUT2D eigenvalue weighted by atomic mass is 10.1. The molecule has 6 heteroatoms. The highest BCUT2D eigenvalue weighted by molar-refractivity contribution is 5.85. The fourth-order valence-corrected chi connectivity index (χ4v) is 1.75. The lowest BCUT2D eigenvalue weighted by Gasteiger charge is -2.11. The highest BCUT2D eigenvalue weighted by Crippen LogP contribution is 2.16. The number of carboxylic acid groups (broad SMARTS) is 1. The molecule has 1 heterocycles. The number of H-pyrrole nitrogens is 1. The minimum atomic E-state index is -0.984. The van der Waals surface area contributed by atoms with Gasteiger partial charge in [-0.1, -0.05) is 24.3 Å². The second kappa shape index (κ2) is 5.34. The zero-order valence-electron chi connectivity index (χ0n) is 10.3. The molecule has 1 aromatic heterocycles. The molecule has 1 atom stereocenters. The topological polar surface area (TPSA) is 88.0 Å². The van der Waals surface area contributed by atoms with E-state index in [0.29, 0.717) is 0 Å². The Morgan fingerprint density at radius 3 is 2.63 bits per heavy atom. The number of carbonyl (C=O) groups is 1. The predicted octanol–water partition coefficient (Wildman–Crippen LogP) is 1.28. The molecule has 0 fully saturated rings. The van der Waals surface area contributed by atoms with Gasteiger partial charge in [-0.15, -0.1) is 0 Å². The molecule has 0 radical (unpaired) electrons. The van der Waals surface area contributed by atoms with Crippen LogP contribution in [0.2, 0.25) is 0 Å². The summed E-state index contributed by atoms with van der Waals surface area (Å²) in [6.07, 6.45) is 4.05. The summed E-state index contributed by atoms with van der Waals surface area (Å²) < 4.78 is 1.49. The van der Waals surface area contributed by atoms with Crippen LogP contribution in [-0.2, 0) is 4.79 Å².